The van der Waals surface area contributed by atoms with E-state index >= 15 is 0 Å². The van der Waals surface area contributed by atoms with Crippen molar-refractivity contribution in [3.8, 4) is 0 Å². The van der Waals surface area contributed by atoms with E-state index in [-0.39, 0.29) is 24.4 Å². The minimum absolute atomic E-state index is 0.0302. The second kappa shape index (κ2) is 6.86. The zero-order chi connectivity index (χ0) is 18.0. The highest BCUT2D eigenvalue weighted by Gasteiger charge is 2.54. The highest BCUT2D eigenvalue weighted by Crippen LogP contribution is 2.39. The van der Waals surface area contributed by atoms with E-state index < -0.39 is 11.6 Å². The van der Waals surface area contributed by atoms with Gasteiger partial charge in [-0.25, -0.2) is 4.79 Å². The van der Waals surface area contributed by atoms with Gasteiger partial charge in [0.2, 0.25) is 5.91 Å². The summed E-state index contributed by atoms with van der Waals surface area (Å²) in [4.78, 5) is 38.8. The van der Waals surface area contributed by atoms with Crippen LogP contribution < -0.4 is 10.6 Å². The molecule has 2 N–H and O–H groups in total. The normalized spacial score (nSPS) is 23.4. The first kappa shape index (κ1) is 17.5. The molecule has 0 radical (unpaired) electrons. The molecule has 1 aliphatic heterocycles. The summed E-state index contributed by atoms with van der Waals surface area (Å²) in [5, 5.41) is 5.71. The van der Waals surface area contributed by atoms with Gasteiger partial charge < -0.3 is 10.6 Å². The number of nitrogens with zero attached hydrogens (tertiary/aromatic N) is 1. The number of urea groups is 1. The van der Waals surface area contributed by atoms with Gasteiger partial charge in [0.05, 0.1) is 0 Å². The Morgan fingerprint density at radius 2 is 2.12 bits per heavy atom. The third kappa shape index (κ3) is 3.13. The maximum atomic E-state index is 13.1. The van der Waals surface area contributed by atoms with Crippen molar-refractivity contribution in [2.24, 2.45) is 0 Å². The summed E-state index contributed by atoms with van der Waals surface area (Å²) < 4.78 is 0. The monoisotopic (exact) mass is 343 g/mol. The topological polar surface area (TPSA) is 78.5 Å². The molecular formula is C19H25N3O3. The van der Waals surface area contributed by atoms with E-state index in [0.717, 1.165) is 41.7 Å². The molecule has 1 aromatic carbocycles. The van der Waals surface area contributed by atoms with Gasteiger partial charge in [-0.2, -0.15) is 0 Å². The number of benzene rings is 1. The van der Waals surface area contributed by atoms with Crippen molar-refractivity contribution in [3.05, 3.63) is 35.4 Å². The van der Waals surface area contributed by atoms with Crippen LogP contribution in [0.15, 0.2) is 24.3 Å². The van der Waals surface area contributed by atoms with Crippen LogP contribution in [0.25, 0.3) is 0 Å². The minimum atomic E-state index is -1.01. The number of aryl methyl sites for hydroxylation is 1. The van der Waals surface area contributed by atoms with E-state index in [1.54, 1.807) is 0 Å². The first-order valence-corrected chi connectivity index (χ1v) is 9.00. The Morgan fingerprint density at radius 3 is 2.88 bits per heavy atom. The van der Waals surface area contributed by atoms with Gasteiger partial charge >= 0.3 is 6.03 Å². The van der Waals surface area contributed by atoms with Gasteiger partial charge in [-0.1, -0.05) is 37.6 Å². The zero-order valence-electron chi connectivity index (χ0n) is 14.8. The van der Waals surface area contributed by atoms with E-state index in [9.17, 15) is 14.4 Å². The molecule has 134 valence electrons. The molecule has 1 saturated heterocycles. The van der Waals surface area contributed by atoms with E-state index in [1.807, 2.05) is 38.1 Å². The number of nitrogens with one attached hydrogen (secondary N) is 2. The van der Waals surface area contributed by atoms with Crippen LogP contribution in [0.5, 0.6) is 0 Å². The lowest BCUT2D eigenvalue weighted by Crippen LogP contribution is -2.47. The van der Waals surface area contributed by atoms with Crippen LogP contribution in [0.1, 0.15) is 50.7 Å². The standard InChI is InChI=1S/C19H25N3O3/c1-3-7-13(2)20-16(23)12-22-17(24)19(21-18(22)25)11-6-9-14-8-4-5-10-15(14)19/h4-5,8,10,13H,3,6-7,9,11-12H2,1-2H3,(H,20,23)(H,21,25)/t13-,19+/m0/s1. The third-order valence-corrected chi connectivity index (χ3v) is 5.08. The fourth-order valence-electron chi connectivity index (χ4n) is 3.92. The van der Waals surface area contributed by atoms with Gasteiger partial charge in [0.15, 0.2) is 0 Å². The van der Waals surface area contributed by atoms with Crippen molar-refractivity contribution in [1.29, 1.82) is 0 Å². The van der Waals surface area contributed by atoms with Crippen molar-refractivity contribution < 1.29 is 14.4 Å². The lowest BCUT2D eigenvalue weighted by Gasteiger charge is -2.33. The number of hydrogen-bond acceptors (Lipinski definition) is 3. The van der Waals surface area contributed by atoms with Gasteiger partial charge in [0.25, 0.3) is 5.91 Å². The number of fused-ring (bicyclic) bond motifs is 2. The Morgan fingerprint density at radius 1 is 1.36 bits per heavy atom. The molecular weight excluding hydrogens is 318 g/mol. The number of hydrogen-bond donors (Lipinski definition) is 2. The molecule has 2 atom stereocenters. The van der Waals surface area contributed by atoms with Crippen molar-refractivity contribution in [1.82, 2.24) is 15.5 Å². The lowest BCUT2D eigenvalue weighted by atomic mass is 9.76. The van der Waals surface area contributed by atoms with Crippen molar-refractivity contribution in [2.75, 3.05) is 6.54 Å². The zero-order valence-corrected chi connectivity index (χ0v) is 14.8. The number of rotatable bonds is 5. The molecule has 1 spiro atoms. The second-order valence-corrected chi connectivity index (χ2v) is 6.99. The number of carbonyl (C=O) groups excluding carboxylic acids is 3. The molecule has 25 heavy (non-hydrogen) atoms. The van der Waals surface area contributed by atoms with Crippen LogP contribution in [0, 0.1) is 0 Å². The number of amides is 4. The third-order valence-electron chi connectivity index (χ3n) is 5.08. The van der Waals surface area contributed by atoms with Crippen LogP contribution in [0.2, 0.25) is 0 Å². The molecule has 6 nitrogen and oxygen atoms in total. The summed E-state index contributed by atoms with van der Waals surface area (Å²) >= 11 is 0. The van der Waals surface area contributed by atoms with E-state index in [4.69, 9.17) is 0 Å². The molecule has 3 rings (SSSR count). The molecule has 1 fully saturated rings. The van der Waals surface area contributed by atoms with Crippen LogP contribution >= 0.6 is 0 Å². The maximum absolute atomic E-state index is 13.1. The molecule has 1 heterocycles. The predicted octanol–water partition coefficient (Wildman–Crippen LogP) is 2.07. The Hall–Kier alpha value is -2.37. The average molecular weight is 343 g/mol. The van der Waals surface area contributed by atoms with Crippen LogP contribution in [0.3, 0.4) is 0 Å². The molecule has 6 heteroatoms. The summed E-state index contributed by atoms with van der Waals surface area (Å²) in [5.41, 5.74) is 0.938. The molecule has 0 unspecified atom stereocenters. The second-order valence-electron chi connectivity index (χ2n) is 6.99. The molecule has 0 aromatic heterocycles. The van der Waals surface area contributed by atoms with Crippen LogP contribution in [-0.2, 0) is 21.5 Å². The van der Waals surface area contributed by atoms with Gasteiger partial charge in [-0.3, -0.25) is 14.5 Å². The van der Waals surface area contributed by atoms with Gasteiger partial charge in [-0.05, 0) is 43.7 Å². The Balaban J connectivity index is 1.79. The summed E-state index contributed by atoms with van der Waals surface area (Å²) in [6, 6.07) is 7.27. The van der Waals surface area contributed by atoms with E-state index in [0.29, 0.717) is 6.42 Å². The van der Waals surface area contributed by atoms with Gasteiger partial charge in [-0.15, -0.1) is 0 Å². The Bertz CT molecular complexity index is 703. The summed E-state index contributed by atoms with van der Waals surface area (Å²) in [6.07, 6.45) is 4.12. The predicted molar refractivity (Wildman–Crippen MR) is 93.8 cm³/mol. The van der Waals surface area contributed by atoms with Crippen LogP contribution in [-0.4, -0.2) is 35.3 Å². The highest BCUT2D eigenvalue weighted by atomic mass is 16.2. The molecule has 1 aromatic rings. The quantitative estimate of drug-likeness (QED) is 0.804. The lowest BCUT2D eigenvalue weighted by molar-refractivity contribution is -0.135. The number of carbonyl (C=O) groups is 3. The first-order valence-electron chi connectivity index (χ1n) is 9.00. The fraction of sp³-hybridized carbons (Fsp3) is 0.526. The van der Waals surface area contributed by atoms with Gasteiger partial charge in [0, 0.05) is 6.04 Å². The average Bonchev–Trinajstić information content (AvgIpc) is 2.80. The largest absolute Gasteiger partial charge is 0.352 e. The van der Waals surface area contributed by atoms with Gasteiger partial charge in [0.1, 0.15) is 12.1 Å². The molecule has 2 aliphatic rings. The molecule has 0 saturated carbocycles. The Labute approximate surface area is 148 Å². The highest BCUT2D eigenvalue weighted by molar-refractivity contribution is 6.09. The molecule has 0 bridgehead atoms. The molecule has 1 aliphatic carbocycles. The minimum Gasteiger partial charge on any atom is -0.352 e. The summed E-state index contributed by atoms with van der Waals surface area (Å²) in [5.74, 6) is -0.617. The smallest absolute Gasteiger partial charge is 0.325 e. The Kier molecular flexibility index (Phi) is 4.79. The molecule has 4 amide bonds. The summed E-state index contributed by atoms with van der Waals surface area (Å²) in [7, 11) is 0. The van der Waals surface area contributed by atoms with Crippen molar-refractivity contribution in [3.63, 3.8) is 0 Å². The van der Waals surface area contributed by atoms with Crippen molar-refractivity contribution in [2.45, 2.75) is 57.5 Å². The van der Waals surface area contributed by atoms with E-state index in [1.165, 1.54) is 0 Å². The SMILES string of the molecule is CCC[C@H](C)NC(=O)CN1C(=O)N[C@@]2(CCCc3ccccc32)C1=O. The van der Waals surface area contributed by atoms with Crippen molar-refractivity contribution >= 4 is 17.8 Å². The first-order chi connectivity index (χ1) is 12.0. The maximum Gasteiger partial charge on any atom is 0.325 e. The number of imide groups is 1. The fourth-order valence-corrected chi connectivity index (χ4v) is 3.92. The van der Waals surface area contributed by atoms with E-state index in [2.05, 4.69) is 10.6 Å². The summed E-state index contributed by atoms with van der Waals surface area (Å²) in [6.45, 7) is 3.74. The van der Waals surface area contributed by atoms with Crippen LogP contribution in [0.4, 0.5) is 4.79 Å².